The SMILES string of the molecule is COc1ccc(NNCl)cc1.O=S(=O)(O)O. The topological polar surface area (TPSA) is 108 Å². The van der Waals surface area contributed by atoms with Crippen LogP contribution in [0, 0.1) is 0 Å². The highest BCUT2D eigenvalue weighted by molar-refractivity contribution is 7.79. The van der Waals surface area contributed by atoms with Gasteiger partial charge in [-0.2, -0.15) is 8.42 Å². The van der Waals surface area contributed by atoms with Crippen molar-refractivity contribution in [3.05, 3.63) is 24.3 Å². The molecule has 0 saturated carbocycles. The summed E-state index contributed by atoms with van der Waals surface area (Å²) in [6.45, 7) is 0. The maximum Gasteiger partial charge on any atom is 0.394 e. The standard InChI is InChI=1S/C7H9ClN2O.H2O4S/c1-11-7-4-2-6(3-5-7)9-10-8;1-5(2,3)4/h2-5,9-10H,1H3;(H2,1,2,3,4). The van der Waals surface area contributed by atoms with Gasteiger partial charge in [0, 0.05) is 0 Å². The van der Waals surface area contributed by atoms with E-state index < -0.39 is 10.4 Å². The van der Waals surface area contributed by atoms with Crippen molar-refractivity contribution in [3.8, 4) is 5.75 Å². The Hall–Kier alpha value is -1.06. The van der Waals surface area contributed by atoms with Crippen molar-refractivity contribution in [2.24, 2.45) is 0 Å². The van der Waals surface area contributed by atoms with E-state index in [9.17, 15) is 0 Å². The molecule has 7 nitrogen and oxygen atoms in total. The van der Waals surface area contributed by atoms with E-state index in [0.717, 1.165) is 11.4 Å². The summed E-state index contributed by atoms with van der Waals surface area (Å²) in [5.74, 6) is 0.824. The molecular formula is C7H11ClN2O5S. The number of hydrogen-bond donors (Lipinski definition) is 4. The fourth-order valence-electron chi connectivity index (χ4n) is 0.729. The van der Waals surface area contributed by atoms with E-state index in [-0.39, 0.29) is 0 Å². The average molecular weight is 271 g/mol. The Bertz CT molecular complexity index is 386. The van der Waals surface area contributed by atoms with Gasteiger partial charge in [-0.05, 0) is 36.0 Å². The van der Waals surface area contributed by atoms with E-state index in [2.05, 4.69) is 10.4 Å². The van der Waals surface area contributed by atoms with Gasteiger partial charge in [-0.1, -0.05) is 0 Å². The van der Waals surface area contributed by atoms with Gasteiger partial charge in [0.05, 0.1) is 12.8 Å². The molecule has 0 aliphatic heterocycles. The number of ether oxygens (including phenoxy) is 1. The van der Waals surface area contributed by atoms with Crippen LogP contribution < -0.4 is 15.1 Å². The van der Waals surface area contributed by atoms with Crippen LogP contribution >= 0.6 is 11.8 Å². The van der Waals surface area contributed by atoms with Gasteiger partial charge in [0.25, 0.3) is 0 Å². The number of hydrazine groups is 1. The molecule has 1 aromatic rings. The van der Waals surface area contributed by atoms with Crippen LogP contribution in [0.1, 0.15) is 0 Å². The van der Waals surface area contributed by atoms with Gasteiger partial charge in [0.2, 0.25) is 0 Å². The molecule has 0 aliphatic carbocycles. The predicted molar refractivity (Wildman–Crippen MR) is 59.8 cm³/mol. The Labute approximate surface area is 98.0 Å². The van der Waals surface area contributed by atoms with Crippen molar-refractivity contribution < 1.29 is 22.3 Å². The fourth-order valence-corrected chi connectivity index (χ4v) is 0.838. The number of rotatable bonds is 3. The molecule has 0 bridgehead atoms. The Morgan fingerprint density at radius 2 is 1.69 bits per heavy atom. The Morgan fingerprint density at radius 3 is 2.00 bits per heavy atom. The Morgan fingerprint density at radius 1 is 1.25 bits per heavy atom. The minimum Gasteiger partial charge on any atom is -0.497 e. The highest BCUT2D eigenvalue weighted by Gasteiger charge is 1.90. The van der Waals surface area contributed by atoms with Crippen molar-refractivity contribution in [1.29, 1.82) is 0 Å². The van der Waals surface area contributed by atoms with Crippen LogP contribution in [-0.4, -0.2) is 24.6 Å². The lowest BCUT2D eigenvalue weighted by Gasteiger charge is -2.02. The van der Waals surface area contributed by atoms with Crippen molar-refractivity contribution in [3.63, 3.8) is 0 Å². The van der Waals surface area contributed by atoms with E-state index in [1.807, 2.05) is 24.3 Å². The molecule has 0 radical (unpaired) electrons. The van der Waals surface area contributed by atoms with Crippen LogP contribution in [0.5, 0.6) is 5.75 Å². The predicted octanol–water partition coefficient (Wildman–Crippen LogP) is 1.11. The summed E-state index contributed by atoms with van der Waals surface area (Å²) in [7, 11) is -3.04. The fraction of sp³-hybridized carbons (Fsp3) is 0.143. The van der Waals surface area contributed by atoms with Gasteiger partial charge < -0.3 is 10.2 Å². The molecule has 0 spiro atoms. The monoisotopic (exact) mass is 270 g/mol. The van der Waals surface area contributed by atoms with E-state index in [4.69, 9.17) is 34.0 Å². The average Bonchev–Trinajstić information content (AvgIpc) is 2.17. The lowest BCUT2D eigenvalue weighted by atomic mass is 10.3. The van der Waals surface area contributed by atoms with Crippen molar-refractivity contribution in [1.82, 2.24) is 4.94 Å². The lowest BCUT2D eigenvalue weighted by molar-refractivity contribution is 0.381. The molecular weight excluding hydrogens is 260 g/mol. The van der Waals surface area contributed by atoms with Gasteiger partial charge in [-0.25, -0.2) is 0 Å². The Kier molecular flexibility index (Phi) is 6.77. The third-order valence-electron chi connectivity index (χ3n) is 1.28. The molecule has 9 heteroatoms. The van der Waals surface area contributed by atoms with E-state index in [1.54, 1.807) is 7.11 Å². The molecule has 0 amide bonds. The second-order valence-corrected chi connectivity index (χ2v) is 3.48. The van der Waals surface area contributed by atoms with Crippen molar-refractivity contribution in [2.75, 3.05) is 12.5 Å². The molecule has 0 aliphatic rings. The first kappa shape index (κ1) is 14.9. The van der Waals surface area contributed by atoms with Gasteiger partial charge >= 0.3 is 10.4 Å². The molecule has 0 saturated heterocycles. The third kappa shape index (κ3) is 9.49. The second-order valence-electron chi connectivity index (χ2n) is 2.40. The molecule has 0 unspecified atom stereocenters. The molecule has 0 aromatic heterocycles. The summed E-state index contributed by atoms with van der Waals surface area (Å²) in [6.07, 6.45) is 0. The lowest BCUT2D eigenvalue weighted by Crippen LogP contribution is -2.07. The zero-order chi connectivity index (χ0) is 12.6. The van der Waals surface area contributed by atoms with E-state index >= 15 is 0 Å². The van der Waals surface area contributed by atoms with Crippen LogP contribution in [0.3, 0.4) is 0 Å². The van der Waals surface area contributed by atoms with Crippen molar-refractivity contribution in [2.45, 2.75) is 0 Å². The molecule has 92 valence electrons. The highest BCUT2D eigenvalue weighted by atomic mass is 35.5. The molecule has 16 heavy (non-hydrogen) atoms. The van der Waals surface area contributed by atoms with Gasteiger partial charge in [0.15, 0.2) is 0 Å². The molecule has 0 fully saturated rings. The van der Waals surface area contributed by atoms with Gasteiger partial charge in [-0.15, -0.1) is 4.94 Å². The number of halogens is 1. The van der Waals surface area contributed by atoms with Crippen LogP contribution in [0.25, 0.3) is 0 Å². The summed E-state index contributed by atoms with van der Waals surface area (Å²) < 4.78 is 36.5. The summed E-state index contributed by atoms with van der Waals surface area (Å²) in [5, 5.41) is 0. The van der Waals surface area contributed by atoms with Crippen LogP contribution in [-0.2, 0) is 10.4 Å². The zero-order valence-corrected chi connectivity index (χ0v) is 9.79. The first-order valence-electron chi connectivity index (χ1n) is 3.82. The zero-order valence-electron chi connectivity index (χ0n) is 8.21. The van der Waals surface area contributed by atoms with Crippen LogP contribution in [0.4, 0.5) is 5.69 Å². The van der Waals surface area contributed by atoms with Crippen LogP contribution in [0.2, 0.25) is 0 Å². The number of nitrogens with one attached hydrogen (secondary N) is 2. The third-order valence-corrected chi connectivity index (χ3v) is 1.38. The summed E-state index contributed by atoms with van der Waals surface area (Å²) >= 11 is 5.22. The number of anilines is 1. The first-order chi connectivity index (χ1) is 7.36. The molecule has 4 N–H and O–H groups in total. The number of hydrogen-bond acceptors (Lipinski definition) is 5. The maximum atomic E-state index is 8.74. The molecule has 0 heterocycles. The van der Waals surface area contributed by atoms with Gasteiger partial charge in [0.1, 0.15) is 5.75 Å². The smallest absolute Gasteiger partial charge is 0.394 e. The summed E-state index contributed by atoms with van der Waals surface area (Å²) in [5.41, 5.74) is 3.61. The minimum atomic E-state index is -4.67. The summed E-state index contributed by atoms with van der Waals surface area (Å²) in [4.78, 5) is 2.30. The molecule has 1 rings (SSSR count). The van der Waals surface area contributed by atoms with Gasteiger partial charge in [-0.3, -0.25) is 9.11 Å². The van der Waals surface area contributed by atoms with E-state index in [0.29, 0.717) is 0 Å². The quantitative estimate of drug-likeness (QED) is 0.370. The van der Waals surface area contributed by atoms with Crippen LogP contribution in [0.15, 0.2) is 24.3 Å². The second kappa shape index (κ2) is 7.25. The minimum absolute atomic E-state index is 0.824. The number of methoxy groups -OCH3 is 1. The van der Waals surface area contributed by atoms with E-state index in [1.165, 1.54) is 0 Å². The molecule has 1 aromatic carbocycles. The first-order valence-corrected chi connectivity index (χ1v) is 5.60. The largest absolute Gasteiger partial charge is 0.497 e. The summed E-state index contributed by atoms with van der Waals surface area (Å²) in [6, 6.07) is 7.40. The normalized spacial score (nSPS) is 10.0. The highest BCUT2D eigenvalue weighted by Crippen LogP contribution is 2.13. The number of benzene rings is 1. The molecule has 0 atom stereocenters. The maximum absolute atomic E-state index is 8.74. The Balaban J connectivity index is 0.000000385. The van der Waals surface area contributed by atoms with Crippen molar-refractivity contribution >= 4 is 27.9 Å².